The predicted octanol–water partition coefficient (Wildman–Crippen LogP) is 1.34. The summed E-state index contributed by atoms with van der Waals surface area (Å²) in [5.74, 6) is 1.35. The zero-order chi connectivity index (χ0) is 15.7. The van der Waals surface area contributed by atoms with Crippen LogP contribution < -0.4 is 10.6 Å². The van der Waals surface area contributed by atoms with Gasteiger partial charge in [-0.1, -0.05) is 6.07 Å². The minimum absolute atomic E-state index is 0.169. The van der Waals surface area contributed by atoms with Gasteiger partial charge >= 0.3 is 0 Å². The van der Waals surface area contributed by atoms with Crippen LogP contribution in [-0.4, -0.2) is 45.8 Å². The van der Waals surface area contributed by atoms with E-state index in [9.17, 15) is 4.21 Å². The molecule has 0 bridgehead atoms. The summed E-state index contributed by atoms with van der Waals surface area (Å²) < 4.78 is 11.8. The van der Waals surface area contributed by atoms with Crippen molar-refractivity contribution in [3.8, 4) is 0 Å². The summed E-state index contributed by atoms with van der Waals surface area (Å²) in [6.07, 6.45) is 2.64. The van der Waals surface area contributed by atoms with Gasteiger partial charge in [-0.05, 0) is 32.9 Å². The van der Waals surface area contributed by atoms with Crippen molar-refractivity contribution in [1.82, 2.24) is 15.6 Å². The zero-order valence-electron chi connectivity index (χ0n) is 13.3. The molecule has 1 unspecified atom stereocenters. The van der Waals surface area contributed by atoms with Gasteiger partial charge in [-0.2, -0.15) is 0 Å². The van der Waals surface area contributed by atoms with Gasteiger partial charge in [-0.15, -0.1) is 0 Å². The SMILES string of the molecule is CN=C(NCCc1ccccn1)NCCS(=O)C(C)(C)C. The van der Waals surface area contributed by atoms with E-state index in [0.717, 1.165) is 24.6 Å². The van der Waals surface area contributed by atoms with E-state index >= 15 is 0 Å². The number of hydrogen-bond acceptors (Lipinski definition) is 3. The number of aromatic nitrogens is 1. The van der Waals surface area contributed by atoms with E-state index in [4.69, 9.17) is 0 Å². The highest BCUT2D eigenvalue weighted by Gasteiger charge is 2.18. The lowest BCUT2D eigenvalue weighted by Gasteiger charge is -2.18. The Labute approximate surface area is 130 Å². The Morgan fingerprint density at radius 2 is 2.00 bits per heavy atom. The lowest BCUT2D eigenvalue weighted by atomic mass is 10.3. The molecule has 0 radical (unpaired) electrons. The lowest BCUT2D eigenvalue weighted by molar-refractivity contribution is 0.647. The molecule has 2 N–H and O–H groups in total. The summed E-state index contributed by atoms with van der Waals surface area (Å²) in [6.45, 7) is 7.38. The third-order valence-corrected chi connectivity index (χ3v) is 4.83. The molecule has 0 saturated carbocycles. The molecule has 1 aromatic rings. The summed E-state index contributed by atoms with van der Waals surface area (Å²) in [7, 11) is 0.887. The molecule has 1 atom stereocenters. The van der Waals surface area contributed by atoms with Crippen molar-refractivity contribution in [3.63, 3.8) is 0 Å². The molecular weight excluding hydrogens is 284 g/mol. The topological polar surface area (TPSA) is 66.4 Å². The molecule has 21 heavy (non-hydrogen) atoms. The van der Waals surface area contributed by atoms with Crippen molar-refractivity contribution in [3.05, 3.63) is 30.1 Å². The van der Waals surface area contributed by atoms with Crippen LogP contribution in [0.5, 0.6) is 0 Å². The minimum atomic E-state index is -0.846. The normalized spacial score (nSPS) is 13.8. The Bertz CT molecular complexity index is 468. The van der Waals surface area contributed by atoms with E-state index in [1.807, 2.05) is 39.0 Å². The first-order valence-corrected chi connectivity index (χ1v) is 8.48. The number of pyridine rings is 1. The van der Waals surface area contributed by atoms with Gasteiger partial charge < -0.3 is 10.6 Å². The molecule has 1 aromatic heterocycles. The van der Waals surface area contributed by atoms with Crippen LogP contribution >= 0.6 is 0 Å². The molecule has 1 heterocycles. The van der Waals surface area contributed by atoms with Gasteiger partial charge in [0, 0.05) is 59.7 Å². The van der Waals surface area contributed by atoms with Crippen molar-refractivity contribution in [1.29, 1.82) is 0 Å². The molecule has 0 spiro atoms. The van der Waals surface area contributed by atoms with Crippen molar-refractivity contribution in [2.75, 3.05) is 25.9 Å². The van der Waals surface area contributed by atoms with Crippen molar-refractivity contribution in [2.24, 2.45) is 4.99 Å². The number of hydrogen-bond donors (Lipinski definition) is 2. The van der Waals surface area contributed by atoms with Gasteiger partial charge in [0.15, 0.2) is 5.96 Å². The molecule has 0 aliphatic rings. The van der Waals surface area contributed by atoms with E-state index in [0.29, 0.717) is 12.3 Å². The van der Waals surface area contributed by atoms with Crippen LogP contribution in [0.3, 0.4) is 0 Å². The van der Waals surface area contributed by atoms with Gasteiger partial charge in [0.05, 0.1) is 0 Å². The molecule has 0 aliphatic carbocycles. The third-order valence-electron chi connectivity index (χ3n) is 2.89. The first kappa shape index (κ1) is 17.6. The molecule has 5 nitrogen and oxygen atoms in total. The standard InChI is InChI=1S/C15H26N4OS/c1-15(2,3)21(20)12-11-19-14(16-4)18-10-8-13-7-5-6-9-17-13/h5-7,9H,8,10-12H2,1-4H3,(H2,16,18,19). The van der Waals surface area contributed by atoms with Gasteiger partial charge in [-0.3, -0.25) is 14.2 Å². The summed E-state index contributed by atoms with van der Waals surface area (Å²) in [4.78, 5) is 8.43. The van der Waals surface area contributed by atoms with Crippen molar-refractivity contribution < 1.29 is 4.21 Å². The molecular formula is C15H26N4OS. The molecule has 118 valence electrons. The second kappa shape index (κ2) is 8.77. The van der Waals surface area contributed by atoms with Crippen LogP contribution in [0.15, 0.2) is 29.4 Å². The second-order valence-corrected chi connectivity index (χ2v) is 7.98. The van der Waals surface area contributed by atoms with Crippen LogP contribution in [0.1, 0.15) is 26.5 Å². The average Bonchev–Trinajstić information content (AvgIpc) is 2.45. The van der Waals surface area contributed by atoms with E-state index in [2.05, 4.69) is 20.6 Å². The highest BCUT2D eigenvalue weighted by Crippen LogP contribution is 2.10. The molecule has 0 aromatic carbocycles. The summed E-state index contributed by atoms with van der Waals surface area (Å²) in [5, 5.41) is 6.41. The largest absolute Gasteiger partial charge is 0.356 e. The van der Waals surface area contributed by atoms with Gasteiger partial charge in [0.25, 0.3) is 0 Å². The molecule has 0 fully saturated rings. The molecule has 1 rings (SSSR count). The highest BCUT2D eigenvalue weighted by molar-refractivity contribution is 7.86. The number of nitrogens with one attached hydrogen (secondary N) is 2. The maximum Gasteiger partial charge on any atom is 0.191 e. The number of guanidine groups is 1. The van der Waals surface area contributed by atoms with Crippen LogP contribution in [-0.2, 0) is 17.2 Å². The van der Waals surface area contributed by atoms with Gasteiger partial charge in [-0.25, -0.2) is 0 Å². The van der Waals surface area contributed by atoms with Crippen LogP contribution in [0.4, 0.5) is 0 Å². The Balaban J connectivity index is 2.25. The van der Waals surface area contributed by atoms with Crippen LogP contribution in [0.25, 0.3) is 0 Å². The number of nitrogens with zero attached hydrogens (tertiary/aromatic N) is 2. The van der Waals surface area contributed by atoms with E-state index in [1.165, 1.54) is 0 Å². The maximum atomic E-state index is 11.9. The number of rotatable bonds is 6. The monoisotopic (exact) mass is 310 g/mol. The van der Waals surface area contributed by atoms with Crippen LogP contribution in [0, 0.1) is 0 Å². The summed E-state index contributed by atoms with van der Waals surface area (Å²) >= 11 is 0. The maximum absolute atomic E-state index is 11.9. The Morgan fingerprint density at radius 1 is 1.29 bits per heavy atom. The predicted molar refractivity (Wildman–Crippen MR) is 90.1 cm³/mol. The van der Waals surface area contributed by atoms with Crippen molar-refractivity contribution >= 4 is 16.8 Å². The van der Waals surface area contributed by atoms with Crippen LogP contribution in [0.2, 0.25) is 0 Å². The van der Waals surface area contributed by atoms with E-state index in [1.54, 1.807) is 13.2 Å². The fourth-order valence-electron chi connectivity index (χ4n) is 1.64. The smallest absolute Gasteiger partial charge is 0.191 e. The quantitative estimate of drug-likeness (QED) is 0.615. The Hall–Kier alpha value is -1.43. The summed E-state index contributed by atoms with van der Waals surface area (Å²) in [5.41, 5.74) is 1.05. The second-order valence-electron chi connectivity index (χ2n) is 5.66. The fourth-order valence-corrected chi connectivity index (χ4v) is 2.54. The van der Waals surface area contributed by atoms with E-state index in [-0.39, 0.29) is 4.75 Å². The Morgan fingerprint density at radius 3 is 2.57 bits per heavy atom. The molecule has 6 heteroatoms. The molecule has 0 aliphatic heterocycles. The lowest BCUT2D eigenvalue weighted by Crippen LogP contribution is -2.41. The fraction of sp³-hybridized carbons (Fsp3) is 0.600. The molecule has 0 saturated heterocycles. The van der Waals surface area contributed by atoms with Gasteiger partial charge in [0.1, 0.15) is 0 Å². The first-order valence-electron chi connectivity index (χ1n) is 7.16. The third kappa shape index (κ3) is 7.22. The Kier molecular flexibility index (Phi) is 7.36. The summed E-state index contributed by atoms with van der Waals surface area (Å²) in [6, 6.07) is 5.90. The highest BCUT2D eigenvalue weighted by atomic mass is 32.2. The first-order chi connectivity index (χ1) is 9.93. The minimum Gasteiger partial charge on any atom is -0.356 e. The zero-order valence-corrected chi connectivity index (χ0v) is 14.2. The molecule has 0 amide bonds. The van der Waals surface area contributed by atoms with E-state index < -0.39 is 10.8 Å². The van der Waals surface area contributed by atoms with Crippen molar-refractivity contribution in [2.45, 2.75) is 31.9 Å². The number of aliphatic imine (C=N–C) groups is 1. The average molecular weight is 310 g/mol. The van der Waals surface area contributed by atoms with Gasteiger partial charge in [0.2, 0.25) is 0 Å².